The Morgan fingerprint density at radius 2 is 1.69 bits per heavy atom. The number of halogens is 2. The highest BCUT2D eigenvalue weighted by atomic mass is 35.5. The number of carbonyl (C=O) groups excluding carboxylic acids is 1. The molecule has 1 aliphatic heterocycles. The Morgan fingerprint density at radius 3 is 2.31 bits per heavy atom. The fourth-order valence-electron chi connectivity index (χ4n) is 3.53. The van der Waals surface area contributed by atoms with Gasteiger partial charge in [0.05, 0.1) is 10.6 Å². The van der Waals surface area contributed by atoms with Crippen LogP contribution >= 0.6 is 11.6 Å². The van der Waals surface area contributed by atoms with Crippen molar-refractivity contribution in [2.45, 2.75) is 52.2 Å². The van der Waals surface area contributed by atoms with Gasteiger partial charge in [0.2, 0.25) is 0 Å². The number of ketones is 1. The van der Waals surface area contributed by atoms with E-state index in [1.807, 2.05) is 13.0 Å². The van der Waals surface area contributed by atoms with Gasteiger partial charge in [-0.05, 0) is 69.5 Å². The van der Waals surface area contributed by atoms with Crippen LogP contribution in [0, 0.1) is 5.82 Å². The molecule has 0 spiro atoms. The molecule has 0 fully saturated rings. The summed E-state index contributed by atoms with van der Waals surface area (Å²) in [7, 11) is 0. The molecule has 2 aromatic carbocycles. The highest BCUT2D eigenvalue weighted by Gasteiger charge is 2.47. The molecule has 0 atom stereocenters. The molecule has 1 N–H and O–H groups in total. The van der Waals surface area contributed by atoms with Gasteiger partial charge in [-0.3, -0.25) is 4.79 Å². The van der Waals surface area contributed by atoms with E-state index >= 15 is 0 Å². The molecular weight excluding hydrogens is 395 g/mol. The van der Waals surface area contributed by atoms with Crippen LogP contribution in [-0.4, -0.2) is 22.1 Å². The van der Waals surface area contributed by atoms with Gasteiger partial charge in [0, 0.05) is 6.07 Å². The Bertz CT molecular complexity index is 1010. The van der Waals surface area contributed by atoms with Crippen molar-refractivity contribution < 1.29 is 23.8 Å². The second kappa shape index (κ2) is 7.47. The van der Waals surface area contributed by atoms with E-state index in [4.69, 9.17) is 21.1 Å². The summed E-state index contributed by atoms with van der Waals surface area (Å²) in [6, 6.07) is 9.42. The van der Waals surface area contributed by atoms with Gasteiger partial charge in [0.25, 0.3) is 0 Å². The first kappa shape index (κ1) is 21.3. The Hall–Kier alpha value is -2.37. The van der Waals surface area contributed by atoms with E-state index in [0.717, 1.165) is 5.56 Å². The van der Waals surface area contributed by atoms with Crippen LogP contribution in [0.15, 0.2) is 42.2 Å². The highest BCUT2D eigenvalue weighted by Crippen LogP contribution is 2.42. The van der Waals surface area contributed by atoms with Gasteiger partial charge in [-0.15, -0.1) is 0 Å². The predicted molar refractivity (Wildman–Crippen MR) is 111 cm³/mol. The lowest BCUT2D eigenvalue weighted by atomic mass is 9.81. The van der Waals surface area contributed by atoms with Crippen molar-refractivity contribution >= 4 is 23.0 Å². The lowest BCUT2D eigenvalue weighted by Gasteiger charge is -2.40. The molecule has 6 heteroatoms. The van der Waals surface area contributed by atoms with Crippen molar-refractivity contribution in [3.05, 3.63) is 64.1 Å². The number of carbonyl (C=O) groups is 1. The average Bonchev–Trinajstić information content (AvgIpc) is 2.63. The molecule has 4 nitrogen and oxygen atoms in total. The normalized spacial score (nSPS) is 18.1. The standard InChI is InChI=1S/C23H24ClFO4/c1-6-13-7-8-14(28-15-9-10-17(24)18(25)12-15)11-16(13)19-20(26)22(2,3)29-23(4,5)21(19)27/h7-12,26H,6H2,1-5H3. The van der Waals surface area contributed by atoms with Gasteiger partial charge in [-0.1, -0.05) is 24.6 Å². The zero-order valence-electron chi connectivity index (χ0n) is 17.1. The topological polar surface area (TPSA) is 55.8 Å². The maximum absolute atomic E-state index is 13.7. The summed E-state index contributed by atoms with van der Waals surface area (Å²) in [6.45, 7) is 8.78. The second-order valence-electron chi connectivity index (χ2n) is 8.03. The quantitative estimate of drug-likeness (QED) is 0.636. The number of benzene rings is 2. The van der Waals surface area contributed by atoms with Crippen molar-refractivity contribution in [3.8, 4) is 11.5 Å². The SMILES string of the molecule is CCc1ccc(Oc2ccc(Cl)c(F)c2)cc1C1=C(O)C(C)(C)OC(C)(C)C1=O. The van der Waals surface area contributed by atoms with E-state index in [-0.39, 0.29) is 27.9 Å². The molecule has 3 rings (SSSR count). The molecule has 0 bridgehead atoms. The molecule has 0 aromatic heterocycles. The van der Waals surface area contributed by atoms with Crippen LogP contribution in [0.25, 0.3) is 5.57 Å². The van der Waals surface area contributed by atoms with E-state index in [9.17, 15) is 14.3 Å². The van der Waals surface area contributed by atoms with E-state index in [0.29, 0.717) is 17.7 Å². The minimum Gasteiger partial charge on any atom is -0.508 e. The van der Waals surface area contributed by atoms with Crippen molar-refractivity contribution in [1.82, 2.24) is 0 Å². The summed E-state index contributed by atoms with van der Waals surface area (Å²) in [5, 5.41) is 10.9. The van der Waals surface area contributed by atoms with Gasteiger partial charge in [0.15, 0.2) is 5.78 Å². The number of Topliss-reactive ketones (excluding diaryl/α,β-unsaturated/α-hetero) is 1. The van der Waals surface area contributed by atoms with Crippen LogP contribution in [0.3, 0.4) is 0 Å². The third kappa shape index (κ3) is 4.02. The number of hydrogen-bond donors (Lipinski definition) is 1. The van der Waals surface area contributed by atoms with Gasteiger partial charge in [-0.25, -0.2) is 4.39 Å². The summed E-state index contributed by atoms with van der Waals surface area (Å²) < 4.78 is 25.3. The Balaban J connectivity index is 2.12. The molecule has 1 heterocycles. The predicted octanol–water partition coefficient (Wildman–Crippen LogP) is 6.26. The van der Waals surface area contributed by atoms with Crippen molar-refractivity contribution in [2.24, 2.45) is 0 Å². The van der Waals surface area contributed by atoms with E-state index < -0.39 is 17.0 Å². The largest absolute Gasteiger partial charge is 0.508 e. The minimum absolute atomic E-state index is 0.00622. The second-order valence-corrected chi connectivity index (χ2v) is 8.43. The monoisotopic (exact) mass is 418 g/mol. The molecule has 154 valence electrons. The average molecular weight is 419 g/mol. The molecule has 0 amide bonds. The van der Waals surface area contributed by atoms with Crippen LogP contribution < -0.4 is 4.74 Å². The number of aliphatic hydroxyl groups excluding tert-OH is 1. The molecule has 0 saturated heterocycles. The molecule has 0 radical (unpaired) electrons. The van der Waals surface area contributed by atoms with Crippen LogP contribution in [0.5, 0.6) is 11.5 Å². The first-order valence-corrected chi connectivity index (χ1v) is 9.79. The van der Waals surface area contributed by atoms with Crippen molar-refractivity contribution in [2.75, 3.05) is 0 Å². The Morgan fingerprint density at radius 1 is 1.07 bits per heavy atom. The van der Waals surface area contributed by atoms with Crippen LogP contribution in [0.2, 0.25) is 5.02 Å². The maximum atomic E-state index is 13.7. The zero-order chi connectivity index (χ0) is 21.6. The third-order valence-electron chi connectivity index (χ3n) is 4.95. The molecule has 2 aromatic rings. The number of ether oxygens (including phenoxy) is 2. The zero-order valence-corrected chi connectivity index (χ0v) is 17.9. The number of aryl methyl sites for hydroxylation is 1. The lowest BCUT2D eigenvalue weighted by Crippen LogP contribution is -2.49. The van der Waals surface area contributed by atoms with Gasteiger partial charge >= 0.3 is 0 Å². The molecule has 1 aliphatic rings. The first-order valence-electron chi connectivity index (χ1n) is 9.41. The van der Waals surface area contributed by atoms with Crippen LogP contribution in [-0.2, 0) is 16.0 Å². The van der Waals surface area contributed by atoms with Gasteiger partial charge < -0.3 is 14.6 Å². The summed E-state index contributed by atoms with van der Waals surface area (Å²) >= 11 is 5.72. The fraction of sp³-hybridized carbons (Fsp3) is 0.348. The Kier molecular flexibility index (Phi) is 5.50. The van der Waals surface area contributed by atoms with Crippen LogP contribution in [0.4, 0.5) is 4.39 Å². The summed E-state index contributed by atoms with van der Waals surface area (Å²) in [4.78, 5) is 13.1. The van der Waals surface area contributed by atoms with Gasteiger partial charge in [-0.2, -0.15) is 0 Å². The highest BCUT2D eigenvalue weighted by molar-refractivity contribution is 6.30. The molecule has 29 heavy (non-hydrogen) atoms. The summed E-state index contributed by atoms with van der Waals surface area (Å²) in [6.07, 6.45) is 0.650. The number of aliphatic hydroxyl groups is 1. The number of rotatable bonds is 4. The lowest BCUT2D eigenvalue weighted by molar-refractivity contribution is -0.158. The summed E-state index contributed by atoms with van der Waals surface area (Å²) in [5.74, 6) is -0.323. The third-order valence-corrected chi connectivity index (χ3v) is 5.26. The minimum atomic E-state index is -1.09. The first-order chi connectivity index (χ1) is 13.5. The Labute approximate surface area is 174 Å². The molecule has 0 aliphatic carbocycles. The van der Waals surface area contributed by atoms with Crippen molar-refractivity contribution in [3.63, 3.8) is 0 Å². The smallest absolute Gasteiger partial charge is 0.198 e. The fourth-order valence-corrected chi connectivity index (χ4v) is 3.65. The maximum Gasteiger partial charge on any atom is 0.198 e. The van der Waals surface area contributed by atoms with Crippen molar-refractivity contribution in [1.29, 1.82) is 0 Å². The molecule has 0 saturated carbocycles. The molecular formula is C23H24ClFO4. The van der Waals surface area contributed by atoms with E-state index in [2.05, 4.69) is 0 Å². The molecule has 0 unspecified atom stereocenters. The number of hydrogen-bond acceptors (Lipinski definition) is 4. The summed E-state index contributed by atoms with van der Waals surface area (Å²) in [5.41, 5.74) is -0.439. The van der Waals surface area contributed by atoms with E-state index in [1.54, 1.807) is 45.9 Å². The van der Waals surface area contributed by atoms with Gasteiger partial charge in [0.1, 0.15) is 34.3 Å². The van der Waals surface area contributed by atoms with Crippen LogP contribution in [0.1, 0.15) is 45.7 Å². The van der Waals surface area contributed by atoms with E-state index in [1.165, 1.54) is 12.1 Å².